The minimum atomic E-state index is 0.0710. The van der Waals surface area contributed by atoms with Crippen LogP contribution in [0.15, 0.2) is 12.3 Å². The van der Waals surface area contributed by atoms with E-state index in [9.17, 15) is 4.79 Å². The Bertz CT molecular complexity index is 435. The van der Waals surface area contributed by atoms with Gasteiger partial charge in [0, 0.05) is 12.1 Å². The largest absolute Gasteiger partial charge is 0.350 e. The van der Waals surface area contributed by atoms with E-state index in [1.165, 1.54) is 6.42 Å². The number of aryl methyl sites for hydroxylation is 1. The Labute approximate surface area is 114 Å². The summed E-state index contributed by atoms with van der Waals surface area (Å²) in [6.07, 6.45) is 6.06. The van der Waals surface area contributed by atoms with Gasteiger partial charge in [0.15, 0.2) is 0 Å². The number of nitrogens with one attached hydrogen (secondary N) is 1. The quantitative estimate of drug-likeness (QED) is 0.853. The lowest BCUT2D eigenvalue weighted by molar-refractivity contribution is -0.127. The maximum Gasteiger partial charge on any atom is 0.223 e. The summed E-state index contributed by atoms with van der Waals surface area (Å²) in [7, 11) is 0. The zero-order valence-electron chi connectivity index (χ0n) is 11.4. The molecule has 0 saturated heterocycles. The van der Waals surface area contributed by atoms with Crippen LogP contribution in [0.4, 0.5) is 0 Å². The first kappa shape index (κ1) is 13.9. The van der Waals surface area contributed by atoms with Gasteiger partial charge in [-0.15, -0.1) is 0 Å². The van der Waals surface area contributed by atoms with Crippen LogP contribution in [0.1, 0.15) is 37.2 Å². The van der Waals surface area contributed by atoms with E-state index in [1.807, 2.05) is 13.0 Å². The van der Waals surface area contributed by atoms with Gasteiger partial charge in [-0.1, -0.05) is 12.8 Å². The molecule has 5 heteroatoms. The molecule has 1 aromatic rings. The molecular weight excluding hydrogens is 240 g/mol. The summed E-state index contributed by atoms with van der Waals surface area (Å²) in [5.41, 5.74) is 6.61. The number of carbonyl (C=O) groups is 1. The third kappa shape index (κ3) is 3.73. The van der Waals surface area contributed by atoms with Crippen molar-refractivity contribution >= 4 is 5.91 Å². The third-order valence-corrected chi connectivity index (χ3v) is 3.83. The van der Waals surface area contributed by atoms with Crippen molar-refractivity contribution in [2.45, 2.75) is 39.2 Å². The molecule has 1 aliphatic carbocycles. The van der Waals surface area contributed by atoms with Crippen molar-refractivity contribution in [3.63, 3.8) is 0 Å². The number of aromatic nitrogens is 2. The van der Waals surface area contributed by atoms with E-state index in [-0.39, 0.29) is 11.8 Å². The molecule has 3 N–H and O–H groups in total. The highest BCUT2D eigenvalue weighted by Gasteiger charge is 2.29. The van der Waals surface area contributed by atoms with E-state index in [0.717, 1.165) is 30.8 Å². The summed E-state index contributed by atoms with van der Waals surface area (Å²) in [5, 5.41) is 2.98. The third-order valence-electron chi connectivity index (χ3n) is 3.83. The van der Waals surface area contributed by atoms with Gasteiger partial charge in [0.25, 0.3) is 0 Å². The average Bonchev–Trinajstić information content (AvgIpc) is 2.45. The molecule has 2 rings (SSSR count). The normalized spacial score (nSPS) is 23.1. The van der Waals surface area contributed by atoms with Gasteiger partial charge in [0.1, 0.15) is 5.82 Å². The Balaban J connectivity index is 1.89. The van der Waals surface area contributed by atoms with E-state index >= 15 is 0 Å². The lowest BCUT2D eigenvalue weighted by atomic mass is 9.79. The van der Waals surface area contributed by atoms with Crippen LogP contribution in [0.5, 0.6) is 0 Å². The van der Waals surface area contributed by atoms with Crippen molar-refractivity contribution in [3.8, 4) is 0 Å². The fourth-order valence-electron chi connectivity index (χ4n) is 2.75. The van der Waals surface area contributed by atoms with Crippen LogP contribution in [-0.4, -0.2) is 22.4 Å². The molecule has 1 amide bonds. The molecule has 1 fully saturated rings. The van der Waals surface area contributed by atoms with E-state index in [0.29, 0.717) is 19.0 Å². The summed E-state index contributed by atoms with van der Waals surface area (Å²) in [6, 6.07) is 1.83. The molecule has 1 aromatic heterocycles. The van der Waals surface area contributed by atoms with Crippen LogP contribution in [0.3, 0.4) is 0 Å². The second-order valence-electron chi connectivity index (χ2n) is 5.20. The van der Waals surface area contributed by atoms with Crippen LogP contribution in [0.2, 0.25) is 0 Å². The van der Waals surface area contributed by atoms with E-state index in [1.54, 1.807) is 6.20 Å². The number of rotatable bonds is 4. The van der Waals surface area contributed by atoms with Crippen molar-refractivity contribution < 1.29 is 4.79 Å². The maximum atomic E-state index is 12.2. The molecule has 1 saturated carbocycles. The first-order chi connectivity index (χ1) is 9.20. The molecule has 1 heterocycles. The van der Waals surface area contributed by atoms with Crippen LogP contribution in [-0.2, 0) is 11.3 Å². The van der Waals surface area contributed by atoms with E-state index in [4.69, 9.17) is 5.73 Å². The zero-order chi connectivity index (χ0) is 13.7. The molecule has 19 heavy (non-hydrogen) atoms. The van der Waals surface area contributed by atoms with Gasteiger partial charge in [-0.3, -0.25) is 4.79 Å². The number of nitrogens with zero attached hydrogens (tertiary/aromatic N) is 2. The molecule has 5 nitrogen and oxygen atoms in total. The molecule has 0 bridgehead atoms. The molecule has 2 atom stereocenters. The molecule has 2 unspecified atom stereocenters. The number of hydrogen-bond acceptors (Lipinski definition) is 4. The van der Waals surface area contributed by atoms with Crippen molar-refractivity contribution in [2.24, 2.45) is 17.6 Å². The molecular formula is C14H22N4O. The average molecular weight is 262 g/mol. The zero-order valence-corrected chi connectivity index (χ0v) is 11.4. The Morgan fingerprint density at radius 1 is 1.47 bits per heavy atom. The van der Waals surface area contributed by atoms with Crippen LogP contribution in [0.25, 0.3) is 0 Å². The van der Waals surface area contributed by atoms with Crippen LogP contribution in [0, 0.1) is 18.8 Å². The minimum Gasteiger partial charge on any atom is -0.350 e. The lowest BCUT2D eigenvalue weighted by Gasteiger charge is -2.29. The van der Waals surface area contributed by atoms with Gasteiger partial charge < -0.3 is 11.1 Å². The maximum absolute atomic E-state index is 12.2. The summed E-state index contributed by atoms with van der Waals surface area (Å²) in [4.78, 5) is 20.5. The lowest BCUT2D eigenvalue weighted by Crippen LogP contribution is -2.39. The second-order valence-corrected chi connectivity index (χ2v) is 5.20. The Kier molecular flexibility index (Phi) is 4.85. The molecule has 0 aliphatic heterocycles. The van der Waals surface area contributed by atoms with Gasteiger partial charge in [0.2, 0.25) is 5.91 Å². The molecule has 0 radical (unpaired) electrons. The van der Waals surface area contributed by atoms with E-state index < -0.39 is 0 Å². The smallest absolute Gasteiger partial charge is 0.223 e. The van der Waals surface area contributed by atoms with Crippen LogP contribution < -0.4 is 11.1 Å². The van der Waals surface area contributed by atoms with Gasteiger partial charge in [-0.05, 0) is 38.3 Å². The molecule has 0 aromatic carbocycles. The van der Waals surface area contributed by atoms with Crippen molar-refractivity contribution in [2.75, 3.05) is 6.54 Å². The Morgan fingerprint density at radius 2 is 2.26 bits per heavy atom. The minimum absolute atomic E-state index is 0.0710. The van der Waals surface area contributed by atoms with Crippen molar-refractivity contribution in [3.05, 3.63) is 23.8 Å². The van der Waals surface area contributed by atoms with Crippen molar-refractivity contribution in [1.82, 2.24) is 15.3 Å². The Morgan fingerprint density at radius 3 is 3.00 bits per heavy atom. The number of amides is 1. The number of hydrogen-bond donors (Lipinski definition) is 2. The molecule has 0 spiro atoms. The van der Waals surface area contributed by atoms with Crippen molar-refractivity contribution in [1.29, 1.82) is 0 Å². The SMILES string of the molecule is Cc1nccc(CNC(=O)C2CCCCC2CN)n1. The van der Waals surface area contributed by atoms with Gasteiger partial charge in [-0.2, -0.15) is 0 Å². The fraction of sp³-hybridized carbons (Fsp3) is 0.643. The summed E-state index contributed by atoms with van der Waals surface area (Å²) < 4.78 is 0. The molecule has 1 aliphatic rings. The first-order valence-corrected chi connectivity index (χ1v) is 6.97. The summed E-state index contributed by atoms with van der Waals surface area (Å²) in [5.74, 6) is 1.25. The number of nitrogens with two attached hydrogens (primary N) is 1. The van der Waals surface area contributed by atoms with Gasteiger partial charge in [-0.25, -0.2) is 9.97 Å². The fourth-order valence-corrected chi connectivity index (χ4v) is 2.75. The molecule has 104 valence electrons. The highest BCUT2D eigenvalue weighted by Crippen LogP contribution is 2.29. The monoisotopic (exact) mass is 262 g/mol. The highest BCUT2D eigenvalue weighted by atomic mass is 16.1. The number of carbonyl (C=O) groups excluding carboxylic acids is 1. The summed E-state index contributed by atoms with van der Waals surface area (Å²) >= 11 is 0. The standard InChI is InChI=1S/C14H22N4O/c1-10-16-7-6-12(18-10)9-17-14(19)13-5-3-2-4-11(13)8-15/h6-7,11,13H,2-5,8-9,15H2,1H3,(H,17,19). The summed E-state index contributed by atoms with van der Waals surface area (Å²) in [6.45, 7) is 2.91. The highest BCUT2D eigenvalue weighted by molar-refractivity contribution is 5.79. The second kappa shape index (κ2) is 6.61. The van der Waals surface area contributed by atoms with Crippen LogP contribution >= 0.6 is 0 Å². The van der Waals surface area contributed by atoms with Gasteiger partial charge in [0.05, 0.1) is 12.2 Å². The predicted octanol–water partition coefficient (Wildman–Crippen LogP) is 1.17. The van der Waals surface area contributed by atoms with Gasteiger partial charge >= 0.3 is 0 Å². The Hall–Kier alpha value is -1.49. The van der Waals surface area contributed by atoms with E-state index in [2.05, 4.69) is 15.3 Å². The predicted molar refractivity (Wildman–Crippen MR) is 73.1 cm³/mol. The first-order valence-electron chi connectivity index (χ1n) is 6.97. The topological polar surface area (TPSA) is 80.9 Å².